The van der Waals surface area contributed by atoms with Crippen LogP contribution in [-0.2, 0) is 4.74 Å². The van der Waals surface area contributed by atoms with Crippen molar-refractivity contribution < 1.29 is 4.74 Å². The Labute approximate surface area is 91.7 Å². The van der Waals surface area contributed by atoms with Gasteiger partial charge in [-0.3, -0.25) is 5.10 Å². The maximum atomic E-state index is 5.47. The molecule has 2 rings (SSSR count). The zero-order valence-corrected chi connectivity index (χ0v) is 9.58. The topological polar surface area (TPSA) is 49.9 Å². The van der Waals surface area contributed by atoms with Gasteiger partial charge in [0.25, 0.3) is 0 Å². The second-order valence-corrected chi connectivity index (χ2v) is 5.09. The van der Waals surface area contributed by atoms with Crippen LogP contribution in [0.15, 0.2) is 0 Å². The van der Waals surface area contributed by atoms with E-state index < -0.39 is 0 Å². The second-order valence-electron chi connectivity index (χ2n) is 3.42. The zero-order chi connectivity index (χ0) is 9.97. The van der Waals surface area contributed by atoms with Gasteiger partial charge in [-0.15, -0.1) is 5.10 Å². The Hall–Kier alpha value is -0.460. The number of anilines is 1. The highest BCUT2D eigenvalue weighted by atomic mass is 32.1. The van der Waals surface area contributed by atoms with Crippen LogP contribution in [0, 0.1) is 9.87 Å². The first-order valence-corrected chi connectivity index (χ1v) is 5.89. The number of nitrogens with zero attached hydrogens (tertiary/aromatic N) is 1. The molecule has 4 nitrogen and oxygen atoms in total. The van der Waals surface area contributed by atoms with Gasteiger partial charge in [0.1, 0.15) is 0 Å². The number of nitrogens with one attached hydrogen (secondary N) is 2. The molecule has 14 heavy (non-hydrogen) atoms. The summed E-state index contributed by atoms with van der Waals surface area (Å²) in [5, 5.41) is 10.9. The van der Waals surface area contributed by atoms with E-state index in [1.54, 1.807) is 0 Å². The van der Waals surface area contributed by atoms with Gasteiger partial charge in [-0.05, 0) is 25.6 Å². The summed E-state index contributed by atoms with van der Waals surface area (Å²) in [7, 11) is 0. The number of H-pyrrole nitrogens is 1. The predicted molar refractivity (Wildman–Crippen MR) is 59.3 cm³/mol. The van der Waals surface area contributed by atoms with Gasteiger partial charge in [0.05, 0.1) is 6.10 Å². The summed E-state index contributed by atoms with van der Waals surface area (Å²) in [6.45, 7) is 3.91. The lowest BCUT2D eigenvalue weighted by Crippen LogP contribution is -2.20. The molecule has 0 aromatic carbocycles. The first kappa shape index (κ1) is 10.1. The maximum absolute atomic E-state index is 5.47. The van der Waals surface area contributed by atoms with E-state index in [1.165, 1.54) is 11.3 Å². The van der Waals surface area contributed by atoms with E-state index in [0.717, 1.165) is 24.7 Å². The molecule has 1 aliphatic heterocycles. The summed E-state index contributed by atoms with van der Waals surface area (Å²) in [6, 6.07) is 0. The number of hydrogen-bond acceptors (Lipinski definition) is 5. The number of hydrogen-bond donors (Lipinski definition) is 2. The Bertz CT molecular complexity index is 348. The van der Waals surface area contributed by atoms with E-state index in [1.807, 2.05) is 0 Å². The van der Waals surface area contributed by atoms with Gasteiger partial charge in [0, 0.05) is 19.1 Å². The molecular formula is C8H13N3OS2. The molecule has 0 aliphatic carbocycles. The van der Waals surface area contributed by atoms with Gasteiger partial charge in [-0.25, -0.2) is 0 Å². The molecule has 0 bridgehead atoms. The monoisotopic (exact) mass is 231 g/mol. The normalized spacial score (nSPS) is 26.6. The van der Waals surface area contributed by atoms with Crippen molar-refractivity contribution in [1.29, 1.82) is 0 Å². The molecule has 2 atom stereocenters. The number of rotatable bonds is 3. The summed E-state index contributed by atoms with van der Waals surface area (Å²) in [5.41, 5.74) is 0. The minimum Gasteiger partial charge on any atom is -0.378 e. The lowest BCUT2D eigenvalue weighted by atomic mass is 10.0. The van der Waals surface area contributed by atoms with Crippen LogP contribution in [0.3, 0.4) is 0 Å². The fourth-order valence-corrected chi connectivity index (χ4v) is 2.36. The molecule has 6 heteroatoms. The Balaban J connectivity index is 1.85. The van der Waals surface area contributed by atoms with E-state index in [4.69, 9.17) is 17.0 Å². The third kappa shape index (κ3) is 2.31. The average Bonchev–Trinajstić information content (AvgIpc) is 2.72. The van der Waals surface area contributed by atoms with Crippen molar-refractivity contribution in [1.82, 2.24) is 10.2 Å². The van der Waals surface area contributed by atoms with Crippen molar-refractivity contribution >= 4 is 28.7 Å². The number of aromatic nitrogens is 2. The molecule has 0 radical (unpaired) electrons. The van der Waals surface area contributed by atoms with Crippen molar-refractivity contribution in [3.8, 4) is 0 Å². The van der Waals surface area contributed by atoms with Crippen LogP contribution >= 0.6 is 23.6 Å². The summed E-state index contributed by atoms with van der Waals surface area (Å²) in [5.74, 6) is 0.590. The average molecular weight is 231 g/mol. The van der Waals surface area contributed by atoms with Crippen LogP contribution in [0.2, 0.25) is 0 Å². The lowest BCUT2D eigenvalue weighted by Gasteiger charge is -2.13. The van der Waals surface area contributed by atoms with Gasteiger partial charge in [-0.1, -0.05) is 11.3 Å². The third-order valence-corrected chi connectivity index (χ3v) is 3.53. The summed E-state index contributed by atoms with van der Waals surface area (Å²) < 4.78 is 6.18. The minimum atomic E-state index is 0.356. The summed E-state index contributed by atoms with van der Waals surface area (Å²) in [4.78, 5) is 0. The molecule has 0 amide bonds. The molecule has 1 aromatic rings. The Kier molecular flexibility index (Phi) is 3.15. The van der Waals surface area contributed by atoms with Crippen molar-refractivity contribution in [2.75, 3.05) is 18.5 Å². The predicted octanol–water partition coefficient (Wildman–Crippen LogP) is 2.04. The van der Waals surface area contributed by atoms with E-state index in [9.17, 15) is 0 Å². The molecular weight excluding hydrogens is 218 g/mol. The smallest absolute Gasteiger partial charge is 0.204 e. The van der Waals surface area contributed by atoms with Gasteiger partial charge in [0.15, 0.2) is 3.95 Å². The summed E-state index contributed by atoms with van der Waals surface area (Å²) in [6.07, 6.45) is 1.48. The molecule has 1 aliphatic rings. The van der Waals surface area contributed by atoms with Gasteiger partial charge >= 0.3 is 0 Å². The van der Waals surface area contributed by atoms with Crippen LogP contribution < -0.4 is 5.32 Å². The minimum absolute atomic E-state index is 0.356. The first-order valence-electron chi connectivity index (χ1n) is 4.66. The highest BCUT2D eigenvalue weighted by Crippen LogP contribution is 2.21. The van der Waals surface area contributed by atoms with E-state index in [-0.39, 0.29) is 0 Å². The SMILES string of the molecule is CC1OCCC1CNc1n[nH]c(=S)s1. The quantitative estimate of drug-likeness (QED) is 0.782. The molecule has 2 N–H and O–H groups in total. The van der Waals surface area contributed by atoms with Crippen molar-refractivity contribution in [2.24, 2.45) is 5.92 Å². The highest BCUT2D eigenvalue weighted by molar-refractivity contribution is 7.73. The largest absolute Gasteiger partial charge is 0.378 e. The molecule has 1 aromatic heterocycles. The van der Waals surface area contributed by atoms with Crippen molar-refractivity contribution in [3.63, 3.8) is 0 Å². The molecule has 78 valence electrons. The fraction of sp³-hybridized carbons (Fsp3) is 0.750. The molecule has 1 fully saturated rings. The maximum Gasteiger partial charge on any atom is 0.204 e. The highest BCUT2D eigenvalue weighted by Gasteiger charge is 2.23. The van der Waals surface area contributed by atoms with Crippen LogP contribution in [0.25, 0.3) is 0 Å². The van der Waals surface area contributed by atoms with Crippen LogP contribution in [-0.4, -0.2) is 29.5 Å². The number of aromatic amines is 1. The lowest BCUT2D eigenvalue weighted by molar-refractivity contribution is 0.108. The first-order chi connectivity index (χ1) is 6.75. The third-order valence-electron chi connectivity index (χ3n) is 2.49. The van der Waals surface area contributed by atoms with Gasteiger partial charge < -0.3 is 10.1 Å². The Morgan fingerprint density at radius 2 is 2.64 bits per heavy atom. The van der Waals surface area contributed by atoms with Gasteiger partial charge in [0.2, 0.25) is 5.13 Å². The Morgan fingerprint density at radius 3 is 3.21 bits per heavy atom. The summed E-state index contributed by atoms with van der Waals surface area (Å²) >= 11 is 6.41. The van der Waals surface area contributed by atoms with Gasteiger partial charge in [-0.2, -0.15) is 0 Å². The Morgan fingerprint density at radius 1 is 1.79 bits per heavy atom. The standard InChI is InChI=1S/C8H13N3OS2/c1-5-6(2-3-12-5)4-9-7-10-11-8(13)14-7/h5-6H,2-4H2,1H3,(H,9,10)(H,11,13). The number of ether oxygens (including phenoxy) is 1. The van der Waals surface area contributed by atoms with Crippen LogP contribution in [0.4, 0.5) is 5.13 Å². The molecule has 0 saturated carbocycles. The van der Waals surface area contributed by atoms with E-state index >= 15 is 0 Å². The molecule has 2 unspecified atom stereocenters. The molecule has 0 spiro atoms. The fourth-order valence-electron chi connectivity index (χ4n) is 1.57. The van der Waals surface area contributed by atoms with Crippen molar-refractivity contribution in [2.45, 2.75) is 19.4 Å². The van der Waals surface area contributed by atoms with Crippen LogP contribution in [0.1, 0.15) is 13.3 Å². The second kappa shape index (κ2) is 4.37. The van der Waals surface area contributed by atoms with E-state index in [0.29, 0.717) is 16.0 Å². The molecule has 1 saturated heterocycles. The van der Waals surface area contributed by atoms with Crippen molar-refractivity contribution in [3.05, 3.63) is 3.95 Å². The zero-order valence-electron chi connectivity index (χ0n) is 7.95. The van der Waals surface area contributed by atoms with E-state index in [2.05, 4.69) is 22.4 Å². The molecule has 2 heterocycles. The van der Waals surface area contributed by atoms with Crippen LogP contribution in [0.5, 0.6) is 0 Å².